The van der Waals surface area contributed by atoms with Crippen molar-refractivity contribution in [3.8, 4) is 17.3 Å². The number of benzene rings is 1. The van der Waals surface area contributed by atoms with E-state index < -0.39 is 21.7 Å². The molecule has 13 heteroatoms. The first-order valence-corrected chi connectivity index (χ1v) is 13.8. The third-order valence-corrected chi connectivity index (χ3v) is 6.94. The maximum Gasteiger partial charge on any atom is 0.270 e. The average molecular weight is 532 g/mol. The zero-order valence-corrected chi connectivity index (χ0v) is 21.8. The summed E-state index contributed by atoms with van der Waals surface area (Å²) in [5, 5.41) is 7.31. The highest BCUT2D eigenvalue weighted by Crippen LogP contribution is 2.26. The summed E-state index contributed by atoms with van der Waals surface area (Å²) >= 11 is 0. The largest absolute Gasteiger partial charge is 0.494 e. The molecule has 4 rings (SSSR count). The molecule has 1 aliphatic carbocycles. The number of carbonyl (C=O) groups is 1. The van der Waals surface area contributed by atoms with Gasteiger partial charge in [-0.25, -0.2) is 32.5 Å². The minimum absolute atomic E-state index is 0.0174. The Morgan fingerprint density at radius 1 is 1.19 bits per heavy atom. The van der Waals surface area contributed by atoms with Crippen LogP contribution in [0.1, 0.15) is 47.6 Å². The van der Waals surface area contributed by atoms with Crippen molar-refractivity contribution in [2.45, 2.75) is 51.7 Å². The smallest absolute Gasteiger partial charge is 0.270 e. The van der Waals surface area contributed by atoms with E-state index in [-0.39, 0.29) is 24.0 Å². The van der Waals surface area contributed by atoms with Crippen LogP contribution in [0.5, 0.6) is 5.75 Å². The van der Waals surface area contributed by atoms with Crippen molar-refractivity contribution in [3.63, 3.8) is 0 Å². The van der Waals surface area contributed by atoms with E-state index in [2.05, 4.69) is 30.1 Å². The van der Waals surface area contributed by atoms with Crippen LogP contribution in [0.15, 0.2) is 30.6 Å². The molecule has 1 aliphatic rings. The van der Waals surface area contributed by atoms with Gasteiger partial charge in [0.15, 0.2) is 17.4 Å². The maximum atomic E-state index is 13.6. The fraction of sp³-hybridized carbons (Fsp3) is 0.458. The minimum atomic E-state index is -3.20. The Balaban J connectivity index is 1.38. The molecule has 0 bridgehead atoms. The van der Waals surface area contributed by atoms with Gasteiger partial charge in [0.2, 0.25) is 10.0 Å². The van der Waals surface area contributed by atoms with Gasteiger partial charge in [0.25, 0.3) is 5.91 Å². The number of hydrogen-bond acceptors (Lipinski definition) is 8. The van der Waals surface area contributed by atoms with Gasteiger partial charge in [-0.05, 0) is 62.3 Å². The van der Waals surface area contributed by atoms with Crippen molar-refractivity contribution < 1.29 is 22.3 Å². The van der Waals surface area contributed by atoms with Crippen LogP contribution in [0.25, 0.3) is 11.5 Å². The first kappa shape index (κ1) is 26.6. The number of halogens is 1. The quantitative estimate of drug-likeness (QED) is 0.428. The Labute approximate surface area is 214 Å². The molecule has 0 spiro atoms. The maximum absolute atomic E-state index is 13.6. The van der Waals surface area contributed by atoms with Crippen LogP contribution in [-0.2, 0) is 23.1 Å². The standard InChI is InChI=1S/C24H30FN7O4S/c1-15-28-20(11-21(29-15)24(33)26-12-17-6-9-19(25)22(10-17)36-2)23-27-14-32(30-23)13-16-4-7-18(8-5-16)31-37(3,34)35/h6,9-11,14,16,18,31H,4-5,7-8,12-13H2,1-3H3,(H,26,33)/t16-,18-. The average Bonchev–Trinajstić information content (AvgIpc) is 3.32. The molecule has 0 aliphatic heterocycles. The van der Waals surface area contributed by atoms with E-state index >= 15 is 0 Å². The highest BCUT2D eigenvalue weighted by Gasteiger charge is 2.24. The van der Waals surface area contributed by atoms with Crippen molar-refractivity contribution >= 4 is 15.9 Å². The first-order chi connectivity index (χ1) is 17.6. The van der Waals surface area contributed by atoms with Crippen LogP contribution in [-0.4, -0.2) is 58.5 Å². The Hall–Kier alpha value is -3.45. The monoisotopic (exact) mass is 531 g/mol. The number of rotatable bonds is 9. The van der Waals surface area contributed by atoms with Crippen LogP contribution in [0.2, 0.25) is 0 Å². The third-order valence-electron chi connectivity index (χ3n) is 6.18. The van der Waals surface area contributed by atoms with Crippen LogP contribution in [0, 0.1) is 18.7 Å². The van der Waals surface area contributed by atoms with Gasteiger partial charge in [0.05, 0.1) is 13.4 Å². The summed E-state index contributed by atoms with van der Waals surface area (Å²) < 4.78 is 45.9. The number of aryl methyl sites for hydroxylation is 1. The number of amides is 1. The van der Waals surface area contributed by atoms with E-state index in [1.165, 1.54) is 31.6 Å². The minimum Gasteiger partial charge on any atom is -0.494 e. The van der Waals surface area contributed by atoms with Crippen LogP contribution in [0.3, 0.4) is 0 Å². The van der Waals surface area contributed by atoms with Crippen molar-refractivity contribution in [1.29, 1.82) is 0 Å². The third kappa shape index (κ3) is 7.29. The highest BCUT2D eigenvalue weighted by atomic mass is 32.2. The van der Waals surface area contributed by atoms with Gasteiger partial charge >= 0.3 is 0 Å². The lowest BCUT2D eigenvalue weighted by molar-refractivity contribution is 0.0945. The Bertz CT molecular complexity index is 1370. The highest BCUT2D eigenvalue weighted by molar-refractivity contribution is 7.88. The summed E-state index contributed by atoms with van der Waals surface area (Å²) in [6.45, 7) is 2.52. The molecule has 11 nitrogen and oxygen atoms in total. The van der Waals surface area contributed by atoms with Crippen LogP contribution < -0.4 is 14.8 Å². The van der Waals surface area contributed by atoms with E-state index in [0.717, 1.165) is 25.7 Å². The molecule has 0 atom stereocenters. The topological polar surface area (TPSA) is 141 Å². The molecular weight excluding hydrogens is 501 g/mol. The van der Waals surface area contributed by atoms with E-state index in [4.69, 9.17) is 4.74 Å². The second-order valence-corrected chi connectivity index (χ2v) is 11.0. The molecule has 37 heavy (non-hydrogen) atoms. The molecule has 0 unspecified atom stereocenters. The lowest BCUT2D eigenvalue weighted by Gasteiger charge is -2.28. The molecule has 1 amide bonds. The van der Waals surface area contributed by atoms with E-state index in [0.29, 0.717) is 35.4 Å². The molecule has 2 N–H and O–H groups in total. The van der Waals surface area contributed by atoms with Gasteiger partial charge in [-0.1, -0.05) is 6.07 Å². The zero-order chi connectivity index (χ0) is 26.6. The van der Waals surface area contributed by atoms with Gasteiger partial charge in [-0.3, -0.25) is 9.48 Å². The molecule has 1 fully saturated rings. The molecular formula is C24H30FN7O4S. The second-order valence-electron chi connectivity index (χ2n) is 9.24. The molecule has 0 saturated heterocycles. The number of nitrogens with zero attached hydrogens (tertiary/aromatic N) is 5. The van der Waals surface area contributed by atoms with Gasteiger partial charge in [0.1, 0.15) is 23.5 Å². The SMILES string of the molecule is COc1cc(CNC(=O)c2cc(-c3ncn(C[C@H]4CC[C@H](NS(C)(=O)=O)CC4)n3)nc(C)n2)ccc1F. The van der Waals surface area contributed by atoms with E-state index in [1.54, 1.807) is 24.0 Å². The summed E-state index contributed by atoms with van der Waals surface area (Å²) in [5.74, 6) is 0.374. The van der Waals surface area contributed by atoms with Crippen LogP contribution in [0.4, 0.5) is 4.39 Å². The number of sulfonamides is 1. The lowest BCUT2D eigenvalue weighted by atomic mass is 9.86. The molecule has 0 radical (unpaired) electrons. The van der Waals surface area contributed by atoms with E-state index in [1.807, 2.05) is 0 Å². The van der Waals surface area contributed by atoms with Crippen molar-refractivity contribution in [2.75, 3.05) is 13.4 Å². The molecule has 3 aromatic rings. The number of carbonyl (C=O) groups excluding carboxylic acids is 1. The van der Waals surface area contributed by atoms with Crippen molar-refractivity contribution in [3.05, 3.63) is 53.5 Å². The molecule has 198 valence electrons. The normalized spacial score (nSPS) is 17.9. The summed E-state index contributed by atoms with van der Waals surface area (Å²) in [4.78, 5) is 25.7. The molecule has 1 aromatic carbocycles. The van der Waals surface area contributed by atoms with E-state index in [9.17, 15) is 17.6 Å². The summed E-state index contributed by atoms with van der Waals surface area (Å²) in [5.41, 5.74) is 1.28. The van der Waals surface area contributed by atoms with Crippen LogP contribution >= 0.6 is 0 Å². The Morgan fingerprint density at radius 2 is 1.95 bits per heavy atom. The summed E-state index contributed by atoms with van der Waals surface area (Å²) in [6.07, 6.45) is 6.16. The van der Waals surface area contributed by atoms with Gasteiger partial charge in [-0.2, -0.15) is 0 Å². The van der Waals surface area contributed by atoms with Crippen molar-refractivity contribution in [1.82, 2.24) is 34.8 Å². The molecule has 1 saturated carbocycles. The summed E-state index contributed by atoms with van der Waals surface area (Å²) in [6, 6.07) is 5.90. The Kier molecular flexibility index (Phi) is 8.13. The zero-order valence-electron chi connectivity index (χ0n) is 20.9. The fourth-order valence-corrected chi connectivity index (χ4v) is 5.26. The predicted octanol–water partition coefficient (Wildman–Crippen LogP) is 2.23. The van der Waals surface area contributed by atoms with Gasteiger partial charge in [0, 0.05) is 19.1 Å². The Morgan fingerprint density at radius 3 is 2.65 bits per heavy atom. The number of ether oxygens (including phenoxy) is 1. The number of aromatic nitrogens is 5. The molecule has 2 aromatic heterocycles. The number of nitrogens with one attached hydrogen (secondary N) is 2. The van der Waals surface area contributed by atoms with Crippen molar-refractivity contribution in [2.24, 2.45) is 5.92 Å². The van der Waals surface area contributed by atoms with Gasteiger partial charge in [-0.15, -0.1) is 5.10 Å². The lowest BCUT2D eigenvalue weighted by Crippen LogP contribution is -2.37. The van der Waals surface area contributed by atoms with Gasteiger partial charge < -0.3 is 10.1 Å². The second kappa shape index (κ2) is 11.3. The predicted molar refractivity (Wildman–Crippen MR) is 134 cm³/mol. The first-order valence-electron chi connectivity index (χ1n) is 11.9. The number of methoxy groups -OCH3 is 1. The number of hydrogen-bond donors (Lipinski definition) is 2. The molecule has 2 heterocycles. The summed E-state index contributed by atoms with van der Waals surface area (Å²) in [7, 11) is -1.82. The fourth-order valence-electron chi connectivity index (χ4n) is 4.42.